The molecule has 0 aromatic rings. The van der Waals surface area contributed by atoms with Crippen LogP contribution in [0.1, 0.15) is 342 Å². The van der Waals surface area contributed by atoms with Crippen molar-refractivity contribution in [3.8, 4) is 0 Å². The SMILES string of the molecule is CCCCC/C=C\C/C=C\C/C=C\C/C=C\C/C=C\CCC(=O)OC(COC(=O)CCCCCCCCCCCCCCCCCCCCC)COC(=O)CCCCCCCCCCCCCCCCCCCCC. The molecule has 0 fully saturated rings. The smallest absolute Gasteiger partial charge is 0.306 e. The van der Waals surface area contributed by atoms with Gasteiger partial charge >= 0.3 is 17.9 Å². The zero-order chi connectivity index (χ0) is 54.3. The van der Waals surface area contributed by atoms with Gasteiger partial charge in [0.05, 0.1) is 0 Å². The Morgan fingerprint density at radius 2 is 0.507 bits per heavy atom. The first kappa shape index (κ1) is 72.1. The molecule has 0 aliphatic rings. The fraction of sp³-hybridized carbons (Fsp3) is 0.812. The fourth-order valence-electron chi connectivity index (χ4n) is 9.61. The Bertz CT molecular complexity index is 1290. The molecule has 0 bridgehead atoms. The number of esters is 3. The molecule has 0 aliphatic carbocycles. The molecular formula is C69H124O6. The summed E-state index contributed by atoms with van der Waals surface area (Å²) in [6, 6.07) is 0. The highest BCUT2D eigenvalue weighted by Gasteiger charge is 2.19. The molecule has 0 rings (SSSR count). The average molecular weight is 1050 g/mol. The number of carbonyl (C=O) groups is 3. The van der Waals surface area contributed by atoms with Gasteiger partial charge in [-0.15, -0.1) is 0 Å². The second-order valence-electron chi connectivity index (χ2n) is 22.0. The molecule has 0 N–H and O–H groups in total. The van der Waals surface area contributed by atoms with Crippen LogP contribution in [0.2, 0.25) is 0 Å². The van der Waals surface area contributed by atoms with Crippen molar-refractivity contribution >= 4 is 17.9 Å². The molecule has 0 amide bonds. The molecule has 0 aromatic carbocycles. The molecule has 6 heteroatoms. The lowest BCUT2D eigenvalue weighted by Crippen LogP contribution is -2.30. The quantitative estimate of drug-likeness (QED) is 0.0261. The standard InChI is InChI=1S/C69H124O6/c1-4-7-10-13-16-19-22-25-28-31-34-37-40-43-46-49-52-55-58-61-67(70)73-64-66(75-69(72)63-60-57-54-51-48-45-42-39-36-33-30-27-24-21-18-15-12-9-6-3)65-74-68(71)62-59-56-53-50-47-44-41-38-35-32-29-26-23-20-17-14-11-8-5-2/h18,21,27,30,36,39,45,48,54,57,66H,4-17,19-20,22-26,28-29,31-35,37-38,40-44,46-47,49-53,55-56,58-65H2,1-3H3/b21-18-,30-27-,39-36-,48-45-,57-54-. The van der Waals surface area contributed by atoms with Crippen LogP contribution in [0.15, 0.2) is 60.8 Å². The van der Waals surface area contributed by atoms with Crippen LogP contribution in [0, 0.1) is 0 Å². The molecule has 0 saturated carbocycles. The van der Waals surface area contributed by atoms with Crippen LogP contribution in [-0.2, 0) is 28.6 Å². The average Bonchev–Trinajstić information content (AvgIpc) is 3.41. The predicted octanol–water partition coefficient (Wildman–Crippen LogP) is 22.3. The van der Waals surface area contributed by atoms with Crippen LogP contribution in [0.25, 0.3) is 0 Å². The van der Waals surface area contributed by atoms with Crippen LogP contribution in [-0.4, -0.2) is 37.2 Å². The summed E-state index contributed by atoms with van der Waals surface area (Å²) in [6.07, 6.45) is 81.0. The van der Waals surface area contributed by atoms with E-state index in [1.54, 1.807) is 0 Å². The lowest BCUT2D eigenvalue weighted by atomic mass is 10.0. The van der Waals surface area contributed by atoms with Crippen molar-refractivity contribution < 1.29 is 28.6 Å². The third-order valence-corrected chi connectivity index (χ3v) is 14.5. The largest absolute Gasteiger partial charge is 0.462 e. The molecule has 0 unspecified atom stereocenters. The van der Waals surface area contributed by atoms with Crippen molar-refractivity contribution in [1.29, 1.82) is 0 Å². The van der Waals surface area contributed by atoms with Gasteiger partial charge in [-0.05, 0) is 57.8 Å². The normalized spacial score (nSPS) is 12.1. The number of rotatable bonds is 60. The fourth-order valence-corrected chi connectivity index (χ4v) is 9.61. The molecule has 0 spiro atoms. The highest BCUT2D eigenvalue weighted by atomic mass is 16.6. The van der Waals surface area contributed by atoms with E-state index in [2.05, 4.69) is 75.5 Å². The topological polar surface area (TPSA) is 78.9 Å². The van der Waals surface area contributed by atoms with Crippen LogP contribution >= 0.6 is 0 Å². The minimum atomic E-state index is -0.812. The molecule has 0 heterocycles. The molecule has 0 radical (unpaired) electrons. The van der Waals surface area contributed by atoms with Gasteiger partial charge in [0.15, 0.2) is 6.10 Å². The van der Waals surface area contributed by atoms with Gasteiger partial charge in [-0.3, -0.25) is 14.4 Å². The predicted molar refractivity (Wildman–Crippen MR) is 325 cm³/mol. The zero-order valence-corrected chi connectivity index (χ0v) is 50.1. The molecular weight excluding hydrogens is 925 g/mol. The maximum absolute atomic E-state index is 12.9. The monoisotopic (exact) mass is 1050 g/mol. The minimum Gasteiger partial charge on any atom is -0.462 e. The van der Waals surface area contributed by atoms with E-state index < -0.39 is 6.10 Å². The Kier molecular flexibility index (Phi) is 61.2. The molecule has 0 atom stereocenters. The summed E-state index contributed by atoms with van der Waals surface area (Å²) in [4.78, 5) is 38.3. The van der Waals surface area contributed by atoms with E-state index in [4.69, 9.17) is 14.2 Å². The molecule has 75 heavy (non-hydrogen) atoms. The molecule has 6 nitrogen and oxygen atoms in total. The van der Waals surface area contributed by atoms with Crippen molar-refractivity contribution in [2.75, 3.05) is 13.2 Å². The Balaban J connectivity index is 4.43. The minimum absolute atomic E-state index is 0.0991. The number of ether oxygens (including phenoxy) is 3. The van der Waals surface area contributed by atoms with Crippen molar-refractivity contribution in [1.82, 2.24) is 0 Å². The van der Waals surface area contributed by atoms with E-state index in [0.29, 0.717) is 19.3 Å². The van der Waals surface area contributed by atoms with E-state index in [9.17, 15) is 14.4 Å². The number of hydrogen-bond acceptors (Lipinski definition) is 6. The first-order valence-corrected chi connectivity index (χ1v) is 32.8. The molecule has 0 saturated heterocycles. The third-order valence-electron chi connectivity index (χ3n) is 14.5. The van der Waals surface area contributed by atoms with E-state index >= 15 is 0 Å². The van der Waals surface area contributed by atoms with Gasteiger partial charge in [-0.1, -0.05) is 326 Å². The Morgan fingerprint density at radius 3 is 0.800 bits per heavy atom. The number of carbonyl (C=O) groups excluding carboxylic acids is 3. The summed E-state index contributed by atoms with van der Waals surface area (Å²) >= 11 is 0. The summed E-state index contributed by atoms with van der Waals surface area (Å²) < 4.78 is 16.9. The molecule has 0 aromatic heterocycles. The Morgan fingerprint density at radius 1 is 0.267 bits per heavy atom. The van der Waals surface area contributed by atoms with Gasteiger partial charge in [-0.25, -0.2) is 0 Å². The summed E-state index contributed by atoms with van der Waals surface area (Å²) in [7, 11) is 0. The van der Waals surface area contributed by atoms with E-state index in [0.717, 1.165) is 64.2 Å². The number of hydrogen-bond donors (Lipinski definition) is 0. The summed E-state index contributed by atoms with van der Waals surface area (Å²) in [5, 5.41) is 0. The lowest BCUT2D eigenvalue weighted by molar-refractivity contribution is -0.166. The van der Waals surface area contributed by atoms with Crippen LogP contribution < -0.4 is 0 Å². The summed E-state index contributed by atoms with van der Waals surface area (Å²) in [6.45, 7) is 6.61. The lowest BCUT2D eigenvalue weighted by Gasteiger charge is -2.18. The second kappa shape index (κ2) is 63.6. The van der Waals surface area contributed by atoms with E-state index in [-0.39, 0.29) is 37.5 Å². The van der Waals surface area contributed by atoms with Crippen LogP contribution in [0.3, 0.4) is 0 Å². The van der Waals surface area contributed by atoms with E-state index in [1.807, 2.05) is 6.08 Å². The maximum Gasteiger partial charge on any atom is 0.306 e. The van der Waals surface area contributed by atoms with E-state index in [1.165, 1.54) is 231 Å². The van der Waals surface area contributed by atoms with Gasteiger partial charge in [0.2, 0.25) is 0 Å². The van der Waals surface area contributed by atoms with Gasteiger partial charge < -0.3 is 14.2 Å². The van der Waals surface area contributed by atoms with Crippen molar-refractivity contribution in [3.05, 3.63) is 60.8 Å². The highest BCUT2D eigenvalue weighted by molar-refractivity contribution is 5.71. The second-order valence-corrected chi connectivity index (χ2v) is 22.0. The highest BCUT2D eigenvalue weighted by Crippen LogP contribution is 2.18. The summed E-state index contributed by atoms with van der Waals surface area (Å²) in [5.74, 6) is -0.960. The summed E-state index contributed by atoms with van der Waals surface area (Å²) in [5.41, 5.74) is 0. The van der Waals surface area contributed by atoms with Gasteiger partial charge in [-0.2, -0.15) is 0 Å². The van der Waals surface area contributed by atoms with Crippen molar-refractivity contribution in [2.24, 2.45) is 0 Å². The maximum atomic E-state index is 12.9. The van der Waals surface area contributed by atoms with Gasteiger partial charge in [0.1, 0.15) is 13.2 Å². The molecule has 0 aliphatic heterocycles. The van der Waals surface area contributed by atoms with Gasteiger partial charge in [0, 0.05) is 19.3 Å². The first-order valence-electron chi connectivity index (χ1n) is 32.8. The Labute approximate surface area is 466 Å². The number of unbranched alkanes of at least 4 members (excludes halogenated alkanes) is 39. The molecule has 436 valence electrons. The Hall–Kier alpha value is -2.89. The third kappa shape index (κ3) is 61.8. The van der Waals surface area contributed by atoms with Crippen molar-refractivity contribution in [2.45, 2.75) is 348 Å². The van der Waals surface area contributed by atoms with Crippen LogP contribution in [0.4, 0.5) is 0 Å². The zero-order valence-electron chi connectivity index (χ0n) is 50.1. The first-order chi connectivity index (χ1) is 37.0. The van der Waals surface area contributed by atoms with Crippen molar-refractivity contribution in [3.63, 3.8) is 0 Å². The van der Waals surface area contributed by atoms with Crippen LogP contribution in [0.5, 0.6) is 0 Å². The number of allylic oxidation sites excluding steroid dienone is 10. The van der Waals surface area contributed by atoms with Gasteiger partial charge in [0.25, 0.3) is 0 Å².